The molecule has 0 atom stereocenters. The third-order valence-electron chi connectivity index (χ3n) is 3.42. The molecule has 0 saturated heterocycles. The normalized spacial score (nSPS) is 12.7. The summed E-state index contributed by atoms with van der Waals surface area (Å²) in [4.78, 5) is 4.40. The molecule has 0 aliphatic heterocycles. The van der Waals surface area contributed by atoms with Crippen molar-refractivity contribution in [2.75, 3.05) is 13.2 Å². The summed E-state index contributed by atoms with van der Waals surface area (Å²) in [5.41, 5.74) is 0.347. The van der Waals surface area contributed by atoms with E-state index in [1.54, 1.807) is 36.5 Å². The average molecular weight is 308 g/mol. The lowest BCUT2D eigenvalue weighted by Gasteiger charge is -2.23. The van der Waals surface area contributed by atoms with Crippen LogP contribution in [-0.4, -0.2) is 31.7 Å². The third-order valence-corrected chi connectivity index (χ3v) is 4.88. The molecular weight excluding hydrogens is 288 g/mol. The first-order valence-corrected chi connectivity index (χ1v) is 8.28. The zero-order valence-electron chi connectivity index (χ0n) is 12.2. The van der Waals surface area contributed by atoms with Crippen LogP contribution in [0.5, 0.6) is 0 Å². The van der Waals surface area contributed by atoms with Gasteiger partial charge in [-0.05, 0) is 36.1 Å². The quantitative estimate of drug-likeness (QED) is 0.854. The van der Waals surface area contributed by atoms with Crippen molar-refractivity contribution in [1.29, 1.82) is 0 Å². The standard InChI is InChI=1S/C15H20N2O3S/c1-15(2,8-10-18)11-17-21(19,20)14-7-3-6-13-12(14)5-4-9-16-13/h3-7,9,17-18H,8,10-11H2,1-2H3. The Kier molecular flexibility index (Phi) is 4.61. The predicted molar refractivity (Wildman–Crippen MR) is 82.4 cm³/mol. The summed E-state index contributed by atoms with van der Waals surface area (Å²) in [6.45, 7) is 4.13. The highest BCUT2D eigenvalue weighted by Crippen LogP contribution is 2.23. The first-order valence-electron chi connectivity index (χ1n) is 6.80. The van der Waals surface area contributed by atoms with E-state index in [0.717, 1.165) is 0 Å². The fourth-order valence-electron chi connectivity index (χ4n) is 2.07. The lowest BCUT2D eigenvalue weighted by atomic mass is 9.90. The van der Waals surface area contributed by atoms with Crippen LogP contribution in [0.2, 0.25) is 0 Å². The highest BCUT2D eigenvalue weighted by atomic mass is 32.2. The highest BCUT2D eigenvalue weighted by Gasteiger charge is 2.23. The topological polar surface area (TPSA) is 79.3 Å². The molecule has 21 heavy (non-hydrogen) atoms. The molecule has 2 rings (SSSR count). The molecule has 1 aromatic carbocycles. The van der Waals surface area contributed by atoms with E-state index in [1.165, 1.54) is 0 Å². The van der Waals surface area contributed by atoms with E-state index < -0.39 is 10.0 Å². The summed E-state index contributed by atoms with van der Waals surface area (Å²) in [7, 11) is -3.61. The van der Waals surface area contributed by atoms with Crippen LogP contribution in [0, 0.1) is 5.41 Å². The van der Waals surface area contributed by atoms with E-state index >= 15 is 0 Å². The van der Waals surface area contributed by atoms with Crippen molar-refractivity contribution in [3.8, 4) is 0 Å². The van der Waals surface area contributed by atoms with E-state index in [1.807, 2.05) is 13.8 Å². The van der Waals surface area contributed by atoms with Crippen molar-refractivity contribution >= 4 is 20.9 Å². The van der Waals surface area contributed by atoms with Gasteiger partial charge < -0.3 is 5.11 Å². The van der Waals surface area contributed by atoms with Gasteiger partial charge in [-0.2, -0.15) is 0 Å². The fourth-order valence-corrected chi connectivity index (χ4v) is 3.52. The number of fused-ring (bicyclic) bond motifs is 1. The highest BCUT2D eigenvalue weighted by molar-refractivity contribution is 7.89. The Labute approximate surface area is 125 Å². The van der Waals surface area contributed by atoms with Gasteiger partial charge in [0.1, 0.15) is 0 Å². The molecule has 1 aromatic heterocycles. The van der Waals surface area contributed by atoms with Gasteiger partial charge in [-0.1, -0.05) is 19.9 Å². The lowest BCUT2D eigenvalue weighted by molar-refractivity contribution is 0.213. The third kappa shape index (κ3) is 3.78. The molecule has 114 valence electrons. The second-order valence-corrected chi connectivity index (χ2v) is 7.52. The van der Waals surface area contributed by atoms with Crippen molar-refractivity contribution in [3.63, 3.8) is 0 Å². The van der Waals surface area contributed by atoms with E-state index in [-0.39, 0.29) is 23.5 Å². The Bertz CT molecular complexity index is 721. The van der Waals surface area contributed by atoms with E-state index in [0.29, 0.717) is 17.3 Å². The molecule has 1 heterocycles. The van der Waals surface area contributed by atoms with E-state index in [2.05, 4.69) is 9.71 Å². The van der Waals surface area contributed by atoms with Gasteiger partial charge >= 0.3 is 0 Å². The van der Waals surface area contributed by atoms with Gasteiger partial charge in [-0.15, -0.1) is 0 Å². The maximum atomic E-state index is 12.5. The number of aliphatic hydroxyl groups is 1. The van der Waals surface area contributed by atoms with Crippen molar-refractivity contribution in [2.45, 2.75) is 25.2 Å². The fraction of sp³-hybridized carbons (Fsp3) is 0.400. The Balaban J connectivity index is 2.30. The van der Waals surface area contributed by atoms with Crippen LogP contribution >= 0.6 is 0 Å². The first kappa shape index (κ1) is 15.9. The number of sulfonamides is 1. The minimum Gasteiger partial charge on any atom is -0.396 e. The monoisotopic (exact) mass is 308 g/mol. The number of nitrogens with one attached hydrogen (secondary N) is 1. The molecule has 0 saturated carbocycles. The second-order valence-electron chi connectivity index (χ2n) is 5.79. The van der Waals surface area contributed by atoms with Gasteiger partial charge in [-0.25, -0.2) is 13.1 Å². The molecule has 0 aliphatic carbocycles. The van der Waals surface area contributed by atoms with Crippen molar-refractivity contribution in [3.05, 3.63) is 36.5 Å². The molecule has 2 aromatic rings. The number of hydrogen-bond donors (Lipinski definition) is 2. The average Bonchev–Trinajstić information content (AvgIpc) is 2.45. The molecule has 0 radical (unpaired) electrons. The predicted octanol–water partition coefficient (Wildman–Crippen LogP) is 1.92. The number of aliphatic hydroxyl groups excluding tert-OH is 1. The number of pyridine rings is 1. The summed E-state index contributed by atoms with van der Waals surface area (Å²) in [5.74, 6) is 0. The van der Waals surface area contributed by atoms with E-state index in [4.69, 9.17) is 5.11 Å². The smallest absolute Gasteiger partial charge is 0.241 e. The molecule has 2 N–H and O–H groups in total. The zero-order chi connectivity index (χ0) is 15.5. The number of rotatable bonds is 6. The molecule has 0 aliphatic rings. The molecule has 0 unspecified atom stereocenters. The Morgan fingerprint density at radius 1 is 1.24 bits per heavy atom. The Morgan fingerprint density at radius 2 is 2.00 bits per heavy atom. The summed E-state index contributed by atoms with van der Waals surface area (Å²) < 4.78 is 27.6. The minimum absolute atomic E-state index is 0.0346. The minimum atomic E-state index is -3.61. The number of nitrogens with zero attached hydrogens (tertiary/aromatic N) is 1. The van der Waals surface area contributed by atoms with Gasteiger partial charge in [0, 0.05) is 24.7 Å². The molecule has 0 amide bonds. The van der Waals surface area contributed by atoms with E-state index in [9.17, 15) is 8.42 Å². The van der Waals surface area contributed by atoms with Crippen LogP contribution in [0.15, 0.2) is 41.4 Å². The van der Waals surface area contributed by atoms with Gasteiger partial charge in [0.15, 0.2) is 0 Å². The van der Waals surface area contributed by atoms with Crippen LogP contribution in [-0.2, 0) is 10.0 Å². The van der Waals surface area contributed by atoms with Gasteiger partial charge in [-0.3, -0.25) is 4.98 Å². The van der Waals surface area contributed by atoms with Gasteiger partial charge in [0.25, 0.3) is 0 Å². The maximum Gasteiger partial charge on any atom is 0.241 e. The molecule has 0 fully saturated rings. The summed E-state index contributed by atoms with van der Waals surface area (Å²) in [6, 6.07) is 8.50. The van der Waals surface area contributed by atoms with Crippen LogP contribution in [0.3, 0.4) is 0 Å². The van der Waals surface area contributed by atoms with Crippen molar-refractivity contribution in [1.82, 2.24) is 9.71 Å². The summed E-state index contributed by atoms with van der Waals surface area (Å²) in [6.07, 6.45) is 2.17. The zero-order valence-corrected chi connectivity index (χ0v) is 13.0. The Hall–Kier alpha value is -1.50. The molecular formula is C15H20N2O3S. The lowest BCUT2D eigenvalue weighted by Crippen LogP contribution is -2.34. The maximum absolute atomic E-state index is 12.5. The number of aromatic nitrogens is 1. The van der Waals surface area contributed by atoms with Crippen LogP contribution in [0.4, 0.5) is 0 Å². The molecule has 5 nitrogen and oxygen atoms in total. The van der Waals surface area contributed by atoms with Crippen LogP contribution in [0.1, 0.15) is 20.3 Å². The van der Waals surface area contributed by atoms with Crippen LogP contribution in [0.25, 0.3) is 10.9 Å². The largest absolute Gasteiger partial charge is 0.396 e. The van der Waals surface area contributed by atoms with Crippen molar-refractivity contribution < 1.29 is 13.5 Å². The molecule has 0 spiro atoms. The summed E-state index contributed by atoms with van der Waals surface area (Å²) in [5, 5.41) is 9.61. The molecule has 6 heteroatoms. The van der Waals surface area contributed by atoms with Crippen LogP contribution < -0.4 is 4.72 Å². The Morgan fingerprint density at radius 3 is 2.71 bits per heavy atom. The SMILES string of the molecule is CC(C)(CCO)CNS(=O)(=O)c1cccc2ncccc12. The van der Waals surface area contributed by atoms with Crippen molar-refractivity contribution in [2.24, 2.45) is 5.41 Å². The number of hydrogen-bond acceptors (Lipinski definition) is 4. The van der Waals surface area contributed by atoms with Gasteiger partial charge in [0.05, 0.1) is 10.4 Å². The number of benzene rings is 1. The summed E-state index contributed by atoms with van der Waals surface area (Å²) >= 11 is 0. The second kappa shape index (κ2) is 6.09. The molecule has 0 bridgehead atoms. The van der Waals surface area contributed by atoms with Gasteiger partial charge in [0.2, 0.25) is 10.0 Å². The first-order chi connectivity index (χ1) is 9.86.